The van der Waals surface area contributed by atoms with Gasteiger partial charge in [-0.05, 0) is 48.7 Å². The first-order chi connectivity index (χ1) is 12.5. The first-order valence-corrected chi connectivity index (χ1v) is 9.92. The number of halogens is 1. The minimum absolute atomic E-state index is 0.0117. The van der Waals surface area contributed by atoms with E-state index in [-0.39, 0.29) is 22.9 Å². The molecule has 0 aromatic heterocycles. The van der Waals surface area contributed by atoms with E-state index in [1.807, 2.05) is 0 Å². The Labute approximate surface area is 152 Å². The third-order valence-corrected chi connectivity index (χ3v) is 6.20. The van der Waals surface area contributed by atoms with Gasteiger partial charge in [0.1, 0.15) is 12.4 Å². The summed E-state index contributed by atoms with van der Waals surface area (Å²) in [6.07, 6.45) is 2.72. The summed E-state index contributed by atoms with van der Waals surface area (Å²) < 4.78 is 45.0. The summed E-state index contributed by atoms with van der Waals surface area (Å²) in [5.74, 6) is -0.985. The number of hydrogen-bond acceptors (Lipinski definition) is 4. The second-order valence-corrected chi connectivity index (χ2v) is 8.13. The summed E-state index contributed by atoms with van der Waals surface area (Å²) in [5.41, 5.74) is 0.821. The van der Waals surface area contributed by atoms with Gasteiger partial charge in [-0.3, -0.25) is 0 Å². The van der Waals surface area contributed by atoms with Crippen molar-refractivity contribution in [3.8, 4) is 0 Å². The Hall–Kier alpha value is -2.25. The van der Waals surface area contributed by atoms with Crippen LogP contribution >= 0.6 is 0 Å². The number of rotatable bonds is 5. The molecule has 0 spiro atoms. The zero-order valence-corrected chi connectivity index (χ0v) is 15.0. The molecule has 0 atom stereocenters. The Morgan fingerprint density at radius 3 is 2.42 bits per heavy atom. The van der Waals surface area contributed by atoms with Crippen molar-refractivity contribution in [2.24, 2.45) is 0 Å². The Morgan fingerprint density at radius 2 is 1.73 bits per heavy atom. The fraction of sp³-hybridized carbons (Fsp3) is 0.316. The van der Waals surface area contributed by atoms with Gasteiger partial charge >= 0.3 is 5.97 Å². The van der Waals surface area contributed by atoms with Crippen LogP contribution in [-0.4, -0.2) is 31.8 Å². The van der Waals surface area contributed by atoms with Crippen LogP contribution in [0, 0.1) is 5.82 Å². The molecule has 0 aliphatic carbocycles. The van der Waals surface area contributed by atoms with E-state index in [2.05, 4.69) is 0 Å². The fourth-order valence-electron chi connectivity index (χ4n) is 2.85. The fourth-order valence-corrected chi connectivity index (χ4v) is 4.41. The number of carbonyl (C=O) groups excluding carboxylic acids is 1. The SMILES string of the molecule is O=C(OCc1ccc(F)cc1)c1cccc(S(=O)(=O)N2CCCCC2)c1. The van der Waals surface area contributed by atoms with Crippen molar-refractivity contribution in [1.82, 2.24) is 4.31 Å². The number of hydrogen-bond donors (Lipinski definition) is 0. The van der Waals surface area contributed by atoms with E-state index in [1.54, 1.807) is 0 Å². The number of carbonyl (C=O) groups is 1. The van der Waals surface area contributed by atoms with Gasteiger partial charge in [-0.1, -0.05) is 24.6 Å². The number of ether oxygens (including phenoxy) is 1. The molecule has 7 heteroatoms. The first kappa shape index (κ1) is 18.5. The molecule has 0 amide bonds. The average Bonchev–Trinajstić information content (AvgIpc) is 2.68. The second-order valence-electron chi connectivity index (χ2n) is 6.20. The van der Waals surface area contributed by atoms with Gasteiger partial charge in [0, 0.05) is 13.1 Å². The highest BCUT2D eigenvalue weighted by Gasteiger charge is 2.26. The Kier molecular flexibility index (Phi) is 5.68. The highest BCUT2D eigenvalue weighted by Crippen LogP contribution is 2.21. The molecule has 0 bridgehead atoms. The predicted molar refractivity (Wildman–Crippen MR) is 94.6 cm³/mol. The van der Waals surface area contributed by atoms with Crippen molar-refractivity contribution < 1.29 is 22.3 Å². The van der Waals surface area contributed by atoms with Gasteiger partial charge in [0.25, 0.3) is 0 Å². The normalized spacial score (nSPS) is 15.6. The number of benzene rings is 2. The first-order valence-electron chi connectivity index (χ1n) is 8.48. The monoisotopic (exact) mass is 377 g/mol. The van der Waals surface area contributed by atoms with E-state index < -0.39 is 16.0 Å². The van der Waals surface area contributed by atoms with E-state index in [0.717, 1.165) is 19.3 Å². The maximum atomic E-state index is 12.9. The van der Waals surface area contributed by atoms with Gasteiger partial charge in [0.15, 0.2) is 0 Å². The quantitative estimate of drug-likeness (QED) is 0.750. The van der Waals surface area contributed by atoms with Crippen LogP contribution in [-0.2, 0) is 21.4 Å². The Bertz CT molecular complexity index is 875. The van der Waals surface area contributed by atoms with Gasteiger partial charge in [0.2, 0.25) is 10.0 Å². The molecule has 26 heavy (non-hydrogen) atoms. The molecule has 2 aromatic rings. The molecule has 0 saturated carbocycles. The zero-order chi connectivity index (χ0) is 18.6. The van der Waals surface area contributed by atoms with E-state index in [9.17, 15) is 17.6 Å². The maximum absolute atomic E-state index is 12.9. The number of esters is 1. The second kappa shape index (κ2) is 7.97. The van der Waals surface area contributed by atoms with Gasteiger partial charge in [-0.15, -0.1) is 0 Å². The number of nitrogens with zero attached hydrogens (tertiary/aromatic N) is 1. The van der Waals surface area contributed by atoms with Crippen LogP contribution in [0.1, 0.15) is 35.2 Å². The molecule has 1 aliphatic rings. The molecule has 0 unspecified atom stereocenters. The van der Waals surface area contributed by atoms with Crippen LogP contribution in [0.3, 0.4) is 0 Å². The molecule has 5 nitrogen and oxygen atoms in total. The minimum Gasteiger partial charge on any atom is -0.457 e. The molecular formula is C19H20FNO4S. The lowest BCUT2D eigenvalue weighted by Crippen LogP contribution is -2.35. The van der Waals surface area contributed by atoms with Crippen molar-refractivity contribution in [2.45, 2.75) is 30.8 Å². The molecular weight excluding hydrogens is 357 g/mol. The standard InChI is InChI=1S/C19H20FNO4S/c20-17-9-7-15(8-10-17)14-25-19(22)16-5-4-6-18(13-16)26(23,24)21-11-2-1-3-12-21/h4-10,13H,1-3,11-12,14H2. The summed E-state index contributed by atoms with van der Waals surface area (Å²) in [4.78, 5) is 12.3. The highest BCUT2D eigenvalue weighted by molar-refractivity contribution is 7.89. The Morgan fingerprint density at radius 1 is 1.04 bits per heavy atom. The molecule has 2 aromatic carbocycles. The lowest BCUT2D eigenvalue weighted by molar-refractivity contribution is 0.0472. The van der Waals surface area contributed by atoms with Crippen LogP contribution in [0.5, 0.6) is 0 Å². The van der Waals surface area contributed by atoms with Gasteiger partial charge in [-0.2, -0.15) is 4.31 Å². The van der Waals surface area contributed by atoms with E-state index >= 15 is 0 Å². The van der Waals surface area contributed by atoms with Crippen molar-refractivity contribution >= 4 is 16.0 Å². The van der Waals surface area contributed by atoms with E-state index in [1.165, 1.54) is 52.8 Å². The molecule has 1 heterocycles. The minimum atomic E-state index is -3.61. The lowest BCUT2D eigenvalue weighted by Gasteiger charge is -2.25. The summed E-state index contributed by atoms with van der Waals surface area (Å²) >= 11 is 0. The third kappa shape index (κ3) is 4.28. The number of piperidine rings is 1. The molecule has 0 N–H and O–H groups in total. The predicted octanol–water partition coefficient (Wildman–Crippen LogP) is 3.36. The zero-order valence-electron chi connectivity index (χ0n) is 14.2. The van der Waals surface area contributed by atoms with Crippen LogP contribution in [0.2, 0.25) is 0 Å². The maximum Gasteiger partial charge on any atom is 0.338 e. The largest absolute Gasteiger partial charge is 0.457 e. The summed E-state index contributed by atoms with van der Waals surface area (Å²) in [6.45, 7) is 0.991. The van der Waals surface area contributed by atoms with Gasteiger partial charge in [0.05, 0.1) is 10.5 Å². The Balaban J connectivity index is 1.71. The molecule has 0 radical (unpaired) electrons. The summed E-state index contributed by atoms with van der Waals surface area (Å²) in [6, 6.07) is 11.5. The van der Waals surface area contributed by atoms with E-state index in [0.29, 0.717) is 18.7 Å². The van der Waals surface area contributed by atoms with Crippen LogP contribution in [0.15, 0.2) is 53.4 Å². The molecule has 3 rings (SSSR count). The van der Waals surface area contributed by atoms with Gasteiger partial charge < -0.3 is 4.74 Å². The smallest absolute Gasteiger partial charge is 0.338 e. The molecule has 1 aliphatic heterocycles. The number of sulfonamides is 1. The molecule has 1 fully saturated rings. The third-order valence-electron chi connectivity index (χ3n) is 4.31. The average molecular weight is 377 g/mol. The van der Waals surface area contributed by atoms with Gasteiger partial charge in [-0.25, -0.2) is 17.6 Å². The molecule has 138 valence electrons. The van der Waals surface area contributed by atoms with E-state index in [4.69, 9.17) is 4.74 Å². The topological polar surface area (TPSA) is 63.7 Å². The van der Waals surface area contributed by atoms with Crippen molar-refractivity contribution in [3.63, 3.8) is 0 Å². The molecule has 1 saturated heterocycles. The van der Waals surface area contributed by atoms with Crippen LogP contribution in [0.4, 0.5) is 4.39 Å². The summed E-state index contributed by atoms with van der Waals surface area (Å²) in [7, 11) is -3.61. The van der Waals surface area contributed by atoms with Crippen molar-refractivity contribution in [3.05, 3.63) is 65.5 Å². The lowest BCUT2D eigenvalue weighted by atomic mass is 10.2. The van der Waals surface area contributed by atoms with Crippen molar-refractivity contribution in [1.29, 1.82) is 0 Å². The summed E-state index contributed by atoms with van der Waals surface area (Å²) in [5, 5.41) is 0. The van der Waals surface area contributed by atoms with Crippen LogP contribution in [0.25, 0.3) is 0 Å². The highest BCUT2D eigenvalue weighted by atomic mass is 32.2. The van der Waals surface area contributed by atoms with Crippen LogP contribution < -0.4 is 0 Å². The van der Waals surface area contributed by atoms with Crippen molar-refractivity contribution in [2.75, 3.05) is 13.1 Å².